The van der Waals surface area contributed by atoms with E-state index in [1.54, 1.807) is 19.1 Å². The summed E-state index contributed by atoms with van der Waals surface area (Å²) in [6, 6.07) is 4.80. The lowest BCUT2D eigenvalue weighted by Gasteiger charge is -2.27. The predicted octanol–water partition coefficient (Wildman–Crippen LogP) is 1.72. The standard InChI is InChI=1S/C18H23N5O4S2/c1-13-20-21-18(28-13)19-17(24)15-12-14(4-5-16(15)22-6-2-3-7-22)29(25,26)23-8-10-27-11-9-23/h4-5,12H,2-3,6-11H2,1H3,(H,19,21,24). The number of benzene rings is 1. The first-order valence-electron chi connectivity index (χ1n) is 9.53. The van der Waals surface area contributed by atoms with Crippen molar-refractivity contribution in [2.45, 2.75) is 24.7 Å². The second kappa shape index (κ2) is 8.34. The van der Waals surface area contributed by atoms with E-state index in [1.807, 2.05) is 0 Å². The number of hydrogen-bond acceptors (Lipinski definition) is 8. The van der Waals surface area contributed by atoms with E-state index in [2.05, 4.69) is 20.4 Å². The van der Waals surface area contributed by atoms with E-state index in [0.717, 1.165) is 36.6 Å². The van der Waals surface area contributed by atoms with Gasteiger partial charge < -0.3 is 9.64 Å². The van der Waals surface area contributed by atoms with Crippen molar-refractivity contribution in [2.24, 2.45) is 0 Å². The highest BCUT2D eigenvalue weighted by Gasteiger charge is 2.29. The molecule has 3 heterocycles. The summed E-state index contributed by atoms with van der Waals surface area (Å²) < 4.78 is 32.8. The molecule has 0 radical (unpaired) electrons. The van der Waals surface area contributed by atoms with Crippen molar-refractivity contribution in [3.8, 4) is 0 Å². The number of ether oxygens (including phenoxy) is 1. The molecule has 2 saturated heterocycles. The van der Waals surface area contributed by atoms with E-state index >= 15 is 0 Å². The molecule has 0 unspecified atom stereocenters. The molecule has 0 aliphatic carbocycles. The molecule has 0 saturated carbocycles. The molecular formula is C18H23N5O4S2. The maximum atomic E-state index is 13.1. The number of anilines is 2. The molecular weight excluding hydrogens is 414 g/mol. The number of sulfonamides is 1. The summed E-state index contributed by atoms with van der Waals surface area (Å²) in [7, 11) is -3.70. The summed E-state index contributed by atoms with van der Waals surface area (Å²) in [6.45, 7) is 4.84. The Kier molecular flexibility index (Phi) is 5.81. The summed E-state index contributed by atoms with van der Waals surface area (Å²) in [5.74, 6) is -0.387. The number of aromatic nitrogens is 2. The fourth-order valence-electron chi connectivity index (χ4n) is 3.54. The third-order valence-electron chi connectivity index (χ3n) is 5.01. The molecule has 11 heteroatoms. The molecule has 4 rings (SSSR count). The van der Waals surface area contributed by atoms with Crippen molar-refractivity contribution in [2.75, 3.05) is 49.6 Å². The van der Waals surface area contributed by atoms with Crippen LogP contribution in [0.1, 0.15) is 28.2 Å². The Morgan fingerprint density at radius 3 is 2.52 bits per heavy atom. The van der Waals surface area contributed by atoms with Crippen molar-refractivity contribution in [3.05, 3.63) is 28.8 Å². The van der Waals surface area contributed by atoms with E-state index in [1.165, 1.54) is 21.7 Å². The summed E-state index contributed by atoms with van der Waals surface area (Å²) in [5.41, 5.74) is 1.07. The highest BCUT2D eigenvalue weighted by molar-refractivity contribution is 7.89. The number of carbonyl (C=O) groups is 1. The Hall–Kier alpha value is -2.08. The van der Waals surface area contributed by atoms with Gasteiger partial charge in [0.2, 0.25) is 15.2 Å². The number of nitrogens with one attached hydrogen (secondary N) is 1. The first kappa shape index (κ1) is 20.2. The zero-order valence-electron chi connectivity index (χ0n) is 16.1. The molecule has 1 aromatic carbocycles. The molecule has 1 aromatic heterocycles. The van der Waals surface area contributed by atoms with Crippen LogP contribution < -0.4 is 10.2 Å². The molecule has 2 fully saturated rings. The minimum atomic E-state index is -3.70. The summed E-state index contributed by atoms with van der Waals surface area (Å²) in [4.78, 5) is 15.3. The molecule has 9 nitrogen and oxygen atoms in total. The van der Waals surface area contributed by atoms with Gasteiger partial charge in [-0.2, -0.15) is 4.31 Å². The normalized spacial score (nSPS) is 18.2. The van der Waals surface area contributed by atoms with Gasteiger partial charge >= 0.3 is 0 Å². The van der Waals surface area contributed by atoms with E-state index in [9.17, 15) is 13.2 Å². The molecule has 2 aromatic rings. The highest BCUT2D eigenvalue weighted by Crippen LogP contribution is 2.29. The zero-order valence-corrected chi connectivity index (χ0v) is 17.8. The van der Waals surface area contributed by atoms with Gasteiger partial charge in [-0.05, 0) is 38.0 Å². The molecule has 2 aliphatic rings. The monoisotopic (exact) mass is 437 g/mol. The SMILES string of the molecule is Cc1nnc(NC(=O)c2cc(S(=O)(=O)N3CCOCC3)ccc2N2CCCC2)s1. The summed E-state index contributed by atoms with van der Waals surface area (Å²) in [5, 5.41) is 11.7. The van der Waals surface area contributed by atoms with Crippen LogP contribution in [0.2, 0.25) is 0 Å². The lowest BCUT2D eigenvalue weighted by Crippen LogP contribution is -2.40. The molecule has 0 atom stereocenters. The molecule has 2 aliphatic heterocycles. The fourth-order valence-corrected chi connectivity index (χ4v) is 5.56. The maximum absolute atomic E-state index is 13.1. The summed E-state index contributed by atoms with van der Waals surface area (Å²) in [6.07, 6.45) is 2.09. The molecule has 156 valence electrons. The minimum Gasteiger partial charge on any atom is -0.379 e. The van der Waals surface area contributed by atoms with Gasteiger partial charge in [0, 0.05) is 31.9 Å². The molecule has 0 spiro atoms. The Morgan fingerprint density at radius 2 is 1.86 bits per heavy atom. The van der Waals surface area contributed by atoms with Crippen molar-refractivity contribution >= 4 is 38.1 Å². The van der Waals surface area contributed by atoms with Crippen molar-refractivity contribution in [3.63, 3.8) is 0 Å². The Bertz CT molecular complexity index is 995. The van der Waals surface area contributed by atoms with Crippen LogP contribution in [0, 0.1) is 6.92 Å². The van der Waals surface area contributed by atoms with Crippen LogP contribution in [0.15, 0.2) is 23.1 Å². The minimum absolute atomic E-state index is 0.112. The van der Waals surface area contributed by atoms with Crippen LogP contribution in [-0.2, 0) is 14.8 Å². The predicted molar refractivity (Wildman–Crippen MR) is 110 cm³/mol. The van der Waals surface area contributed by atoms with Crippen LogP contribution in [-0.4, -0.2) is 68.2 Å². The Labute approximate surface area is 173 Å². The van der Waals surface area contributed by atoms with Crippen molar-refractivity contribution < 1.29 is 17.9 Å². The van der Waals surface area contributed by atoms with Gasteiger partial charge in [-0.25, -0.2) is 8.42 Å². The average molecular weight is 438 g/mol. The third kappa shape index (κ3) is 4.27. The zero-order chi connectivity index (χ0) is 20.4. The average Bonchev–Trinajstić information content (AvgIpc) is 3.40. The van der Waals surface area contributed by atoms with Crippen molar-refractivity contribution in [1.82, 2.24) is 14.5 Å². The first-order chi connectivity index (χ1) is 13.9. The number of carbonyl (C=O) groups excluding carboxylic acids is 1. The van der Waals surface area contributed by atoms with Crippen LogP contribution in [0.4, 0.5) is 10.8 Å². The van der Waals surface area contributed by atoms with Crippen LogP contribution in [0.3, 0.4) is 0 Å². The largest absolute Gasteiger partial charge is 0.379 e. The van der Waals surface area contributed by atoms with E-state index < -0.39 is 10.0 Å². The topological polar surface area (TPSA) is 105 Å². The fraction of sp³-hybridized carbons (Fsp3) is 0.500. The molecule has 29 heavy (non-hydrogen) atoms. The summed E-state index contributed by atoms with van der Waals surface area (Å²) >= 11 is 1.27. The number of aryl methyl sites for hydroxylation is 1. The number of morpholine rings is 1. The van der Waals surface area contributed by atoms with Crippen LogP contribution in [0.5, 0.6) is 0 Å². The van der Waals surface area contributed by atoms with Crippen molar-refractivity contribution in [1.29, 1.82) is 0 Å². The lowest BCUT2D eigenvalue weighted by atomic mass is 10.1. The second-order valence-electron chi connectivity index (χ2n) is 6.97. The van der Waals surface area contributed by atoms with E-state index in [0.29, 0.717) is 37.0 Å². The van der Waals surface area contributed by atoms with Gasteiger partial charge in [0.05, 0.1) is 23.7 Å². The number of nitrogens with zero attached hydrogens (tertiary/aromatic N) is 4. The van der Waals surface area contributed by atoms with E-state index in [4.69, 9.17) is 4.74 Å². The lowest BCUT2D eigenvalue weighted by molar-refractivity contribution is 0.0730. The number of hydrogen-bond donors (Lipinski definition) is 1. The van der Waals surface area contributed by atoms with Gasteiger partial charge in [0.1, 0.15) is 5.01 Å². The molecule has 1 amide bonds. The smallest absolute Gasteiger partial charge is 0.259 e. The third-order valence-corrected chi connectivity index (χ3v) is 7.66. The number of amides is 1. The highest BCUT2D eigenvalue weighted by atomic mass is 32.2. The Balaban J connectivity index is 1.69. The maximum Gasteiger partial charge on any atom is 0.259 e. The molecule has 1 N–H and O–H groups in total. The Morgan fingerprint density at radius 1 is 1.14 bits per heavy atom. The van der Waals surface area contributed by atoms with E-state index in [-0.39, 0.29) is 10.8 Å². The second-order valence-corrected chi connectivity index (χ2v) is 10.1. The van der Waals surface area contributed by atoms with Crippen LogP contribution >= 0.6 is 11.3 Å². The van der Waals surface area contributed by atoms with Gasteiger partial charge in [0.25, 0.3) is 5.91 Å². The van der Waals surface area contributed by atoms with Gasteiger partial charge in [-0.3, -0.25) is 10.1 Å². The number of rotatable bonds is 5. The molecule has 0 bridgehead atoms. The quantitative estimate of drug-likeness (QED) is 0.759. The van der Waals surface area contributed by atoms with Gasteiger partial charge in [-0.1, -0.05) is 11.3 Å². The van der Waals surface area contributed by atoms with Gasteiger partial charge in [0.15, 0.2) is 0 Å². The van der Waals surface area contributed by atoms with Gasteiger partial charge in [-0.15, -0.1) is 10.2 Å². The van der Waals surface area contributed by atoms with Crippen LogP contribution in [0.25, 0.3) is 0 Å². The first-order valence-corrected chi connectivity index (χ1v) is 11.8.